The molecule has 1 amide bonds. The molecule has 0 saturated carbocycles. The van der Waals surface area contributed by atoms with Crippen LogP contribution in [0.4, 0.5) is 0 Å². The molecule has 0 aliphatic rings. The minimum Gasteiger partial charge on any atom is -0.334 e. The second-order valence-electron chi connectivity index (χ2n) is 5.08. The van der Waals surface area contributed by atoms with Gasteiger partial charge < -0.3 is 4.90 Å². The summed E-state index contributed by atoms with van der Waals surface area (Å²) in [7, 11) is 1.75. The molecule has 0 radical (unpaired) electrons. The van der Waals surface area contributed by atoms with Crippen molar-refractivity contribution in [1.29, 1.82) is 0 Å². The fourth-order valence-corrected chi connectivity index (χ4v) is 3.32. The molecule has 23 heavy (non-hydrogen) atoms. The van der Waals surface area contributed by atoms with E-state index in [1.54, 1.807) is 29.4 Å². The first-order chi connectivity index (χ1) is 11.1. The SMILES string of the molecule is CCn1cc(Br)c(CN(C)C(=O)c2cc(-c3cccs3)[nH]n2)n1. The van der Waals surface area contributed by atoms with Gasteiger partial charge in [0.15, 0.2) is 5.69 Å². The summed E-state index contributed by atoms with van der Waals surface area (Å²) in [6, 6.07) is 5.74. The van der Waals surface area contributed by atoms with Crippen molar-refractivity contribution in [3.8, 4) is 10.6 Å². The number of carbonyl (C=O) groups is 1. The molecule has 3 rings (SSSR count). The zero-order valence-corrected chi connectivity index (χ0v) is 15.2. The Hall–Kier alpha value is -1.93. The lowest BCUT2D eigenvalue weighted by molar-refractivity contribution is 0.0777. The maximum absolute atomic E-state index is 12.5. The highest BCUT2D eigenvalue weighted by Crippen LogP contribution is 2.23. The van der Waals surface area contributed by atoms with E-state index in [4.69, 9.17) is 0 Å². The Labute approximate surface area is 146 Å². The number of H-pyrrole nitrogens is 1. The smallest absolute Gasteiger partial charge is 0.274 e. The molecule has 8 heteroatoms. The van der Waals surface area contributed by atoms with Gasteiger partial charge in [-0.05, 0) is 40.4 Å². The van der Waals surface area contributed by atoms with Gasteiger partial charge >= 0.3 is 0 Å². The summed E-state index contributed by atoms with van der Waals surface area (Å²) < 4.78 is 2.74. The van der Waals surface area contributed by atoms with Crippen LogP contribution < -0.4 is 0 Å². The van der Waals surface area contributed by atoms with Gasteiger partial charge in [-0.2, -0.15) is 10.2 Å². The Bertz CT molecular complexity index is 808. The fraction of sp³-hybridized carbons (Fsp3) is 0.267. The number of carbonyl (C=O) groups excluding carboxylic acids is 1. The molecular weight excluding hydrogens is 378 g/mol. The molecule has 0 aromatic carbocycles. The lowest BCUT2D eigenvalue weighted by atomic mass is 10.3. The standard InChI is InChI=1S/C15H16BrN5OS/c1-3-21-8-10(16)13(19-21)9-20(2)15(22)12-7-11(17-18-12)14-5-4-6-23-14/h4-8H,3,9H2,1-2H3,(H,17,18). The van der Waals surface area contributed by atoms with Gasteiger partial charge in [-0.25, -0.2) is 0 Å². The summed E-state index contributed by atoms with van der Waals surface area (Å²) in [6.07, 6.45) is 1.91. The number of aromatic nitrogens is 4. The average Bonchev–Trinajstić information content (AvgIpc) is 3.27. The van der Waals surface area contributed by atoms with Gasteiger partial charge in [0.2, 0.25) is 0 Å². The van der Waals surface area contributed by atoms with E-state index in [2.05, 4.69) is 31.2 Å². The fourth-order valence-electron chi connectivity index (χ4n) is 2.19. The number of rotatable bonds is 5. The quantitative estimate of drug-likeness (QED) is 0.722. The largest absolute Gasteiger partial charge is 0.334 e. The zero-order valence-electron chi connectivity index (χ0n) is 12.8. The van der Waals surface area contributed by atoms with Gasteiger partial charge in [0, 0.05) is 19.8 Å². The van der Waals surface area contributed by atoms with Gasteiger partial charge in [0.25, 0.3) is 5.91 Å². The molecule has 3 aromatic heterocycles. The van der Waals surface area contributed by atoms with Gasteiger partial charge in [-0.3, -0.25) is 14.6 Å². The molecule has 6 nitrogen and oxygen atoms in total. The molecule has 0 aliphatic carbocycles. The molecule has 0 atom stereocenters. The number of amides is 1. The molecular formula is C15H16BrN5OS. The van der Waals surface area contributed by atoms with Crippen LogP contribution in [0.2, 0.25) is 0 Å². The Balaban J connectivity index is 1.73. The summed E-state index contributed by atoms with van der Waals surface area (Å²) >= 11 is 5.08. The lowest BCUT2D eigenvalue weighted by Gasteiger charge is -2.14. The van der Waals surface area contributed by atoms with Crippen LogP contribution in [-0.4, -0.2) is 37.8 Å². The Morgan fingerprint density at radius 3 is 3.00 bits per heavy atom. The molecule has 120 valence electrons. The van der Waals surface area contributed by atoms with Crippen molar-refractivity contribution in [3.63, 3.8) is 0 Å². The highest BCUT2D eigenvalue weighted by Gasteiger charge is 2.18. The third kappa shape index (κ3) is 3.37. The number of aryl methyl sites for hydroxylation is 1. The second kappa shape index (κ2) is 6.67. The minimum atomic E-state index is -0.137. The van der Waals surface area contributed by atoms with Gasteiger partial charge in [0.1, 0.15) is 0 Å². The molecule has 0 bridgehead atoms. The molecule has 3 heterocycles. The normalized spacial score (nSPS) is 10.9. The topological polar surface area (TPSA) is 66.8 Å². The van der Waals surface area contributed by atoms with E-state index in [1.165, 1.54) is 0 Å². The van der Waals surface area contributed by atoms with Gasteiger partial charge in [-0.1, -0.05) is 6.07 Å². The van der Waals surface area contributed by atoms with Crippen LogP contribution in [0.5, 0.6) is 0 Å². The van der Waals surface area contributed by atoms with E-state index >= 15 is 0 Å². The summed E-state index contributed by atoms with van der Waals surface area (Å²) in [5.41, 5.74) is 2.09. The maximum atomic E-state index is 12.5. The number of thiophene rings is 1. The number of nitrogens with one attached hydrogen (secondary N) is 1. The van der Waals surface area contributed by atoms with Crippen LogP contribution >= 0.6 is 27.3 Å². The van der Waals surface area contributed by atoms with Crippen molar-refractivity contribution >= 4 is 33.2 Å². The predicted molar refractivity (Wildman–Crippen MR) is 93.3 cm³/mol. The monoisotopic (exact) mass is 393 g/mol. The first-order valence-corrected chi connectivity index (χ1v) is 8.82. The van der Waals surface area contributed by atoms with E-state index < -0.39 is 0 Å². The van der Waals surface area contributed by atoms with E-state index in [0.717, 1.165) is 27.3 Å². The van der Waals surface area contributed by atoms with Crippen LogP contribution in [0.1, 0.15) is 23.1 Å². The molecule has 0 saturated heterocycles. The minimum absolute atomic E-state index is 0.137. The van der Waals surface area contributed by atoms with Crippen molar-refractivity contribution < 1.29 is 4.79 Å². The molecule has 0 fully saturated rings. The highest BCUT2D eigenvalue weighted by atomic mass is 79.9. The molecule has 1 N–H and O–H groups in total. The van der Waals surface area contributed by atoms with E-state index in [-0.39, 0.29) is 5.91 Å². The number of hydrogen-bond acceptors (Lipinski definition) is 4. The molecule has 0 aliphatic heterocycles. The van der Waals surface area contributed by atoms with E-state index in [1.807, 2.05) is 35.3 Å². The number of halogens is 1. The van der Waals surface area contributed by atoms with Crippen molar-refractivity contribution in [1.82, 2.24) is 24.9 Å². The Morgan fingerprint density at radius 2 is 2.35 bits per heavy atom. The first-order valence-electron chi connectivity index (χ1n) is 7.15. The molecule has 0 spiro atoms. The lowest BCUT2D eigenvalue weighted by Crippen LogP contribution is -2.27. The number of hydrogen-bond donors (Lipinski definition) is 1. The Morgan fingerprint density at radius 1 is 1.52 bits per heavy atom. The van der Waals surface area contributed by atoms with Crippen LogP contribution in [0.3, 0.4) is 0 Å². The van der Waals surface area contributed by atoms with Crippen molar-refractivity contribution in [2.75, 3.05) is 7.05 Å². The molecule has 3 aromatic rings. The van der Waals surface area contributed by atoms with Crippen molar-refractivity contribution in [2.24, 2.45) is 0 Å². The highest BCUT2D eigenvalue weighted by molar-refractivity contribution is 9.10. The summed E-state index contributed by atoms with van der Waals surface area (Å²) in [6.45, 7) is 3.24. The number of aromatic amines is 1. The van der Waals surface area contributed by atoms with Crippen LogP contribution in [0, 0.1) is 0 Å². The average molecular weight is 394 g/mol. The summed E-state index contributed by atoms with van der Waals surface area (Å²) in [4.78, 5) is 15.2. The van der Waals surface area contributed by atoms with Crippen LogP contribution in [0.25, 0.3) is 10.6 Å². The number of nitrogens with zero attached hydrogens (tertiary/aromatic N) is 4. The second-order valence-corrected chi connectivity index (χ2v) is 6.89. The first kappa shape index (κ1) is 15.9. The van der Waals surface area contributed by atoms with E-state index in [9.17, 15) is 4.79 Å². The third-order valence-corrected chi connectivity index (χ3v) is 4.99. The summed E-state index contributed by atoms with van der Waals surface area (Å²) in [5.74, 6) is -0.137. The van der Waals surface area contributed by atoms with Gasteiger partial charge in [-0.15, -0.1) is 11.3 Å². The van der Waals surface area contributed by atoms with Crippen LogP contribution in [0.15, 0.2) is 34.2 Å². The third-order valence-electron chi connectivity index (χ3n) is 3.43. The van der Waals surface area contributed by atoms with Gasteiger partial charge in [0.05, 0.1) is 27.3 Å². The van der Waals surface area contributed by atoms with Crippen molar-refractivity contribution in [3.05, 3.63) is 45.6 Å². The Kier molecular flexibility index (Phi) is 4.63. The summed E-state index contributed by atoms with van der Waals surface area (Å²) in [5, 5.41) is 13.5. The van der Waals surface area contributed by atoms with Crippen molar-refractivity contribution in [2.45, 2.75) is 20.0 Å². The van der Waals surface area contributed by atoms with Crippen LogP contribution in [-0.2, 0) is 13.1 Å². The predicted octanol–water partition coefficient (Wildman–Crippen LogP) is 3.39. The zero-order chi connectivity index (χ0) is 16.4. The maximum Gasteiger partial charge on any atom is 0.274 e. The molecule has 0 unspecified atom stereocenters. The van der Waals surface area contributed by atoms with E-state index in [0.29, 0.717) is 12.2 Å².